The van der Waals surface area contributed by atoms with Crippen molar-refractivity contribution >= 4 is 56.4 Å². The van der Waals surface area contributed by atoms with Gasteiger partial charge in [0, 0.05) is 6.54 Å². The molecule has 206 valence electrons. The van der Waals surface area contributed by atoms with Gasteiger partial charge < -0.3 is 24.1 Å². The van der Waals surface area contributed by atoms with Crippen LogP contribution in [0, 0.1) is 0 Å². The third kappa shape index (κ3) is 5.14. The molecular formula is C18H19FN10O7P2S. The van der Waals surface area contributed by atoms with Crippen LogP contribution in [0.5, 0.6) is 0 Å². The molecule has 0 radical (unpaired) electrons. The van der Waals surface area contributed by atoms with Crippen LogP contribution in [0.1, 0.15) is 12.1 Å². The molecule has 6 rings (SSSR count). The first-order valence-electron chi connectivity index (χ1n) is 11.2. The lowest BCUT2D eigenvalue weighted by Crippen LogP contribution is -2.30. The molecular weight excluding hydrogens is 581 g/mol. The predicted molar refractivity (Wildman–Crippen MR) is 135 cm³/mol. The van der Waals surface area contributed by atoms with E-state index >= 15 is 4.39 Å². The minimum Gasteiger partial charge on any atom is -0.458 e. The van der Waals surface area contributed by atoms with E-state index < -0.39 is 46.0 Å². The van der Waals surface area contributed by atoms with Gasteiger partial charge in [0.05, 0.1) is 19.1 Å². The summed E-state index contributed by atoms with van der Waals surface area (Å²) < 4.78 is 59.5. The average Bonchev–Trinajstić information content (AvgIpc) is 3.56. The van der Waals surface area contributed by atoms with Crippen LogP contribution in [0.3, 0.4) is 0 Å². The number of aromatic amines is 1. The third-order valence-electron chi connectivity index (χ3n) is 5.76. The number of nitrogens with zero attached hydrogens (tertiary/aromatic N) is 8. The summed E-state index contributed by atoms with van der Waals surface area (Å²) in [5, 5.41) is 7.66. The molecule has 0 aromatic carbocycles. The molecule has 2 aliphatic heterocycles. The molecule has 0 amide bonds. The highest BCUT2D eigenvalue weighted by atomic mass is 32.7. The Morgan fingerprint density at radius 3 is 3.05 bits per heavy atom. The predicted octanol–water partition coefficient (Wildman–Crippen LogP) is 1.18. The Bertz CT molecular complexity index is 1670. The van der Waals surface area contributed by atoms with E-state index in [2.05, 4.69) is 47.5 Å². The van der Waals surface area contributed by atoms with Crippen LogP contribution in [0.4, 0.5) is 10.3 Å². The molecule has 2 aliphatic rings. The molecule has 2 unspecified atom stereocenters. The number of H-pyrrole nitrogens is 1. The van der Waals surface area contributed by atoms with Gasteiger partial charge in [0.2, 0.25) is 15.0 Å². The highest BCUT2D eigenvalue weighted by molar-refractivity contribution is 8.44. The number of hydrogen-bond acceptors (Lipinski definition) is 14. The largest absolute Gasteiger partial charge is 0.458 e. The number of aromatic nitrogens is 9. The Morgan fingerprint density at radius 1 is 1.31 bits per heavy atom. The zero-order chi connectivity index (χ0) is 27.1. The molecule has 1 saturated heterocycles. The molecule has 3 N–H and O–H groups in total. The molecule has 39 heavy (non-hydrogen) atoms. The highest BCUT2D eigenvalue weighted by Gasteiger charge is 2.50. The minimum absolute atomic E-state index is 0.103. The number of imidazole rings is 1. The van der Waals surface area contributed by atoms with Gasteiger partial charge in [0.15, 0.2) is 29.2 Å². The van der Waals surface area contributed by atoms with Crippen molar-refractivity contribution in [1.82, 2.24) is 44.5 Å². The van der Waals surface area contributed by atoms with Crippen LogP contribution in [-0.4, -0.2) is 69.5 Å². The van der Waals surface area contributed by atoms with Crippen molar-refractivity contribution in [3.05, 3.63) is 41.0 Å². The fourth-order valence-corrected chi connectivity index (χ4v) is 5.84. The van der Waals surface area contributed by atoms with E-state index in [1.54, 1.807) is 4.57 Å². The minimum atomic E-state index is -4.26. The summed E-state index contributed by atoms with van der Waals surface area (Å²) in [5.41, 5.74) is 5.70. The second-order valence-electron chi connectivity index (χ2n) is 8.19. The van der Waals surface area contributed by atoms with Gasteiger partial charge in [-0.2, -0.15) is 9.67 Å². The number of nitrogens with two attached hydrogens (primary N) is 1. The summed E-state index contributed by atoms with van der Waals surface area (Å²) >= 11 is 4.06. The Labute approximate surface area is 223 Å². The van der Waals surface area contributed by atoms with Crippen molar-refractivity contribution in [3.8, 4) is 0 Å². The second-order valence-corrected chi connectivity index (χ2v) is 11.8. The van der Waals surface area contributed by atoms with E-state index in [0.717, 1.165) is 4.68 Å². The van der Waals surface area contributed by atoms with Gasteiger partial charge in [-0.15, -0.1) is 5.10 Å². The van der Waals surface area contributed by atoms with Gasteiger partial charge in [0.1, 0.15) is 36.5 Å². The topological polar surface area (TPSA) is 209 Å². The first-order valence-corrected chi connectivity index (χ1v) is 14.7. The Hall–Kier alpha value is -3.05. The maximum absolute atomic E-state index is 15.7. The number of fused-ring (bicyclic) bond motifs is 6. The fraction of sp³-hybridized carbons (Fsp3) is 0.389. The van der Waals surface area contributed by atoms with Crippen molar-refractivity contribution in [2.24, 2.45) is 0 Å². The molecule has 0 aliphatic carbocycles. The van der Waals surface area contributed by atoms with Gasteiger partial charge in [-0.1, -0.05) is 17.5 Å². The number of rotatable bonds is 1. The molecule has 0 saturated carbocycles. The Balaban J connectivity index is 1.35. The van der Waals surface area contributed by atoms with Crippen LogP contribution >= 0.6 is 28.1 Å². The number of hydrogen-bond donors (Lipinski definition) is 3. The van der Waals surface area contributed by atoms with Crippen molar-refractivity contribution in [1.29, 1.82) is 0 Å². The Kier molecular flexibility index (Phi) is 7.05. The van der Waals surface area contributed by atoms with Crippen LogP contribution in [0.15, 0.2) is 29.7 Å². The standard InChI is InChI=1S/C18H19FN10O7P2S/c19-11-9-1-3-32-37-33-4-2-28-10(23-8-5-21-7-22-14(8)28)6-34-38(31,39)36-13(11)17(35-9)29-15-12(26-27-29)16(30)25-18(20)24-15/h1,3,5,7,9,11,13,17,37H,2,4,6H2,(H,31,39)(H3,20,24,25,30)/b3-1+/t9-,11-,13-,17-,38?/m1/s1. The van der Waals surface area contributed by atoms with Gasteiger partial charge >= 0.3 is 6.80 Å². The summed E-state index contributed by atoms with van der Waals surface area (Å²) in [5.74, 6) is 0.105. The van der Waals surface area contributed by atoms with Crippen molar-refractivity contribution in [2.45, 2.75) is 37.8 Å². The van der Waals surface area contributed by atoms with Crippen molar-refractivity contribution in [2.75, 3.05) is 12.3 Å². The number of anilines is 1. The number of halogens is 1. The van der Waals surface area contributed by atoms with E-state index in [1.807, 2.05) is 0 Å². The number of nitrogen functional groups attached to an aromatic ring is 1. The lowest BCUT2D eigenvalue weighted by Gasteiger charge is -2.23. The third-order valence-corrected chi connectivity index (χ3v) is 7.91. The van der Waals surface area contributed by atoms with Crippen LogP contribution in [0.25, 0.3) is 22.3 Å². The van der Waals surface area contributed by atoms with E-state index in [4.69, 9.17) is 28.6 Å². The SMILES string of the molecule is Nc1nc2c(nnn2[C@@H]2O[C@@H]3/C=C/OPOCCn4c(nc5cncnc54)COP(=O)(S)O[C@@H]2[C@@H]3F)c(=O)[nH]1. The summed E-state index contributed by atoms with van der Waals surface area (Å²) in [4.78, 5) is 31.2. The Morgan fingerprint density at radius 2 is 2.18 bits per heavy atom. The molecule has 6 heterocycles. The van der Waals surface area contributed by atoms with Crippen LogP contribution in [-0.2, 0) is 40.5 Å². The molecule has 0 spiro atoms. The maximum Gasteiger partial charge on any atom is 0.387 e. The summed E-state index contributed by atoms with van der Waals surface area (Å²) in [6.07, 6.45) is -0.758. The molecule has 21 heteroatoms. The lowest BCUT2D eigenvalue weighted by molar-refractivity contribution is -0.0268. The molecule has 4 aromatic rings. The number of nitrogens with one attached hydrogen (secondary N) is 1. The number of ether oxygens (including phenoxy) is 1. The van der Waals surface area contributed by atoms with Gasteiger partial charge in [-0.25, -0.2) is 23.9 Å². The molecule has 4 aromatic heterocycles. The maximum atomic E-state index is 15.7. The van der Waals surface area contributed by atoms with E-state index in [-0.39, 0.29) is 30.3 Å². The van der Waals surface area contributed by atoms with Crippen LogP contribution in [0.2, 0.25) is 0 Å². The average molecular weight is 600 g/mol. The second kappa shape index (κ2) is 10.5. The smallest absolute Gasteiger partial charge is 0.387 e. The van der Waals surface area contributed by atoms with Gasteiger partial charge in [-0.05, 0) is 6.08 Å². The number of thiol groups is 1. The molecule has 1 fully saturated rings. The molecule has 17 nitrogen and oxygen atoms in total. The quantitative estimate of drug-likeness (QED) is 0.207. The zero-order valence-electron chi connectivity index (χ0n) is 19.5. The van der Waals surface area contributed by atoms with Crippen molar-refractivity contribution in [3.63, 3.8) is 0 Å². The van der Waals surface area contributed by atoms with Gasteiger partial charge in [0.25, 0.3) is 5.56 Å². The summed E-state index contributed by atoms with van der Waals surface area (Å²) in [7, 11) is -0.403. The summed E-state index contributed by atoms with van der Waals surface area (Å²) in [6.45, 7) is -4.05. The normalized spacial score (nSPS) is 29.9. The van der Waals surface area contributed by atoms with Crippen LogP contribution < -0.4 is 11.3 Å². The van der Waals surface area contributed by atoms with E-state index in [1.165, 1.54) is 24.9 Å². The highest BCUT2D eigenvalue weighted by Crippen LogP contribution is 2.57. The summed E-state index contributed by atoms with van der Waals surface area (Å²) in [6, 6.07) is 0. The van der Waals surface area contributed by atoms with Crippen molar-refractivity contribution < 1.29 is 31.8 Å². The van der Waals surface area contributed by atoms with E-state index in [0.29, 0.717) is 23.5 Å². The first-order chi connectivity index (χ1) is 18.8. The zero-order valence-corrected chi connectivity index (χ0v) is 22.3. The molecule has 2 bridgehead atoms. The van der Waals surface area contributed by atoms with Gasteiger partial charge in [-0.3, -0.25) is 18.8 Å². The molecule has 6 atom stereocenters. The fourth-order valence-electron chi connectivity index (χ4n) is 4.09. The number of alkyl halides is 1. The van der Waals surface area contributed by atoms with E-state index in [9.17, 15) is 9.36 Å². The lowest BCUT2D eigenvalue weighted by atomic mass is 10.1. The monoisotopic (exact) mass is 600 g/mol. The first kappa shape index (κ1) is 26.2.